The molecule has 0 N–H and O–H groups in total. The zero-order valence-corrected chi connectivity index (χ0v) is 8.22. The molecule has 0 saturated carbocycles. The van der Waals surface area contributed by atoms with Crippen LogP contribution in [0.4, 0.5) is 0 Å². The fraction of sp³-hybridized carbons (Fsp3) is 0.800. The smallest absolute Gasteiger partial charge is 0.145 e. The molecule has 0 aliphatic carbocycles. The van der Waals surface area contributed by atoms with Crippen LogP contribution >= 0.6 is 0 Å². The molecule has 0 rings (SSSR count). The average Bonchev–Trinajstić information content (AvgIpc) is 2.01. The minimum Gasteiger partial charge on any atom is -0.303 e. The summed E-state index contributed by atoms with van der Waals surface area (Å²) in [4.78, 5) is 21.5. The molecule has 2 heteroatoms. The number of rotatable bonds is 6. The van der Waals surface area contributed by atoms with Crippen molar-refractivity contribution in [3.05, 3.63) is 0 Å². The van der Waals surface area contributed by atoms with Crippen LogP contribution in [0.2, 0.25) is 0 Å². The van der Waals surface area contributed by atoms with Gasteiger partial charge < -0.3 is 4.79 Å². The first-order valence-corrected chi connectivity index (χ1v) is 4.51. The minimum absolute atomic E-state index is 0.0611. The van der Waals surface area contributed by atoms with Crippen LogP contribution in [0.25, 0.3) is 0 Å². The number of ketones is 1. The average molecular weight is 170 g/mol. The van der Waals surface area contributed by atoms with Gasteiger partial charge in [-0.2, -0.15) is 0 Å². The van der Waals surface area contributed by atoms with Gasteiger partial charge in [-0.1, -0.05) is 33.6 Å². The summed E-state index contributed by atoms with van der Waals surface area (Å²) in [6.45, 7) is 5.92. The lowest BCUT2D eigenvalue weighted by Gasteiger charge is -2.21. The Kier molecular flexibility index (Phi) is 4.79. The van der Waals surface area contributed by atoms with Gasteiger partial charge in [-0.3, -0.25) is 4.79 Å². The minimum atomic E-state index is -0.309. The third-order valence-electron chi connectivity index (χ3n) is 2.18. The maximum absolute atomic E-state index is 11.3. The number of hydrogen-bond acceptors (Lipinski definition) is 2. The van der Waals surface area contributed by atoms with E-state index in [1.54, 1.807) is 0 Å². The molecule has 0 saturated heterocycles. The predicted octanol–water partition coefficient (Wildman–Crippen LogP) is 2.36. The zero-order valence-electron chi connectivity index (χ0n) is 8.22. The van der Waals surface area contributed by atoms with Crippen LogP contribution in [-0.2, 0) is 9.59 Å². The van der Waals surface area contributed by atoms with Crippen molar-refractivity contribution in [3.63, 3.8) is 0 Å². The molecule has 0 spiro atoms. The molecule has 2 nitrogen and oxygen atoms in total. The van der Waals surface area contributed by atoms with Gasteiger partial charge in [-0.15, -0.1) is 0 Å². The highest BCUT2D eigenvalue weighted by Crippen LogP contribution is 2.25. The highest BCUT2D eigenvalue weighted by molar-refractivity contribution is 5.93. The summed E-state index contributed by atoms with van der Waals surface area (Å²) in [7, 11) is 0. The molecule has 0 aliphatic rings. The molecule has 12 heavy (non-hydrogen) atoms. The first kappa shape index (κ1) is 11.3. The molecule has 0 atom stereocenters. The van der Waals surface area contributed by atoms with Gasteiger partial charge in [-0.05, 0) is 6.42 Å². The van der Waals surface area contributed by atoms with E-state index in [0.717, 1.165) is 19.3 Å². The van der Waals surface area contributed by atoms with Crippen molar-refractivity contribution >= 4 is 12.1 Å². The molecular formula is C10H18O2. The lowest BCUT2D eigenvalue weighted by atomic mass is 9.82. The summed E-state index contributed by atoms with van der Waals surface area (Å²) in [6, 6.07) is 0. The van der Waals surface area contributed by atoms with Crippen molar-refractivity contribution in [2.45, 2.75) is 46.5 Å². The first-order chi connectivity index (χ1) is 5.54. The molecule has 0 unspecified atom stereocenters. The molecule has 70 valence electrons. The molecule has 0 aliphatic heterocycles. The van der Waals surface area contributed by atoms with E-state index >= 15 is 0 Å². The Morgan fingerprint density at radius 3 is 2.42 bits per heavy atom. The lowest BCUT2D eigenvalue weighted by Crippen LogP contribution is -2.24. The van der Waals surface area contributed by atoms with Crippen LogP contribution in [0.3, 0.4) is 0 Å². The second kappa shape index (κ2) is 5.07. The summed E-state index contributed by atoms with van der Waals surface area (Å²) in [6.07, 6.45) is 3.79. The van der Waals surface area contributed by atoms with E-state index in [4.69, 9.17) is 0 Å². The second-order valence-electron chi connectivity index (χ2n) is 3.78. The van der Waals surface area contributed by atoms with Crippen molar-refractivity contribution < 1.29 is 9.59 Å². The molecule has 0 radical (unpaired) electrons. The zero-order chi connectivity index (χ0) is 9.61. The molecular weight excluding hydrogens is 152 g/mol. The van der Waals surface area contributed by atoms with E-state index in [1.165, 1.54) is 0 Å². The van der Waals surface area contributed by atoms with Crippen LogP contribution in [0, 0.1) is 5.41 Å². The normalized spacial score (nSPS) is 11.2. The van der Waals surface area contributed by atoms with Crippen molar-refractivity contribution in [1.82, 2.24) is 0 Å². The number of aldehydes is 1. The standard InChI is InChI=1S/C10H18O2/c1-4-5-7-10(2,3)9(12)6-8-11/h8H,4-7H2,1-3H3. The second-order valence-corrected chi connectivity index (χ2v) is 3.78. The van der Waals surface area contributed by atoms with E-state index in [9.17, 15) is 9.59 Å². The Morgan fingerprint density at radius 2 is 2.00 bits per heavy atom. The van der Waals surface area contributed by atoms with Gasteiger partial charge in [0, 0.05) is 5.41 Å². The van der Waals surface area contributed by atoms with E-state index in [-0.39, 0.29) is 17.6 Å². The van der Waals surface area contributed by atoms with Crippen LogP contribution < -0.4 is 0 Å². The predicted molar refractivity (Wildman–Crippen MR) is 49.0 cm³/mol. The van der Waals surface area contributed by atoms with E-state index < -0.39 is 0 Å². The van der Waals surface area contributed by atoms with E-state index in [1.807, 2.05) is 13.8 Å². The molecule has 0 bridgehead atoms. The van der Waals surface area contributed by atoms with Crippen LogP contribution in [0.5, 0.6) is 0 Å². The van der Waals surface area contributed by atoms with Crippen LogP contribution in [0.1, 0.15) is 46.5 Å². The Bertz CT molecular complexity index is 159. The molecule has 0 aromatic carbocycles. The van der Waals surface area contributed by atoms with Gasteiger partial charge in [0.05, 0.1) is 6.42 Å². The Hall–Kier alpha value is -0.660. The fourth-order valence-electron chi connectivity index (χ4n) is 1.11. The SMILES string of the molecule is CCCCC(C)(C)C(=O)CC=O. The molecule has 0 heterocycles. The largest absolute Gasteiger partial charge is 0.303 e. The van der Waals surface area contributed by atoms with Gasteiger partial charge in [0.15, 0.2) is 0 Å². The summed E-state index contributed by atoms with van der Waals surface area (Å²) in [5.74, 6) is 0.0611. The Balaban J connectivity index is 3.99. The highest BCUT2D eigenvalue weighted by Gasteiger charge is 2.25. The number of carbonyl (C=O) groups excluding carboxylic acids is 2. The summed E-state index contributed by atoms with van der Waals surface area (Å²) < 4.78 is 0. The monoisotopic (exact) mass is 170 g/mol. The van der Waals surface area contributed by atoms with Gasteiger partial charge >= 0.3 is 0 Å². The van der Waals surface area contributed by atoms with Crippen molar-refractivity contribution in [2.75, 3.05) is 0 Å². The van der Waals surface area contributed by atoms with Crippen LogP contribution in [-0.4, -0.2) is 12.1 Å². The number of Topliss-reactive ketones (excluding diaryl/α,β-unsaturated/α-hetero) is 1. The van der Waals surface area contributed by atoms with Gasteiger partial charge in [0.1, 0.15) is 12.1 Å². The number of carbonyl (C=O) groups is 2. The van der Waals surface area contributed by atoms with Crippen LogP contribution in [0.15, 0.2) is 0 Å². The van der Waals surface area contributed by atoms with Crippen molar-refractivity contribution in [1.29, 1.82) is 0 Å². The summed E-state index contributed by atoms with van der Waals surface area (Å²) in [5.41, 5.74) is -0.309. The number of hydrogen-bond donors (Lipinski definition) is 0. The molecule has 0 aromatic rings. The third-order valence-corrected chi connectivity index (χ3v) is 2.18. The quantitative estimate of drug-likeness (QED) is 0.453. The highest BCUT2D eigenvalue weighted by atomic mass is 16.1. The fourth-order valence-corrected chi connectivity index (χ4v) is 1.11. The van der Waals surface area contributed by atoms with E-state index in [2.05, 4.69) is 6.92 Å². The van der Waals surface area contributed by atoms with Gasteiger partial charge in [0.2, 0.25) is 0 Å². The van der Waals surface area contributed by atoms with Gasteiger partial charge in [0.25, 0.3) is 0 Å². The maximum Gasteiger partial charge on any atom is 0.145 e. The lowest BCUT2D eigenvalue weighted by molar-refractivity contribution is -0.129. The summed E-state index contributed by atoms with van der Waals surface area (Å²) >= 11 is 0. The van der Waals surface area contributed by atoms with E-state index in [0.29, 0.717) is 6.29 Å². The van der Waals surface area contributed by atoms with Crippen molar-refractivity contribution in [3.8, 4) is 0 Å². The first-order valence-electron chi connectivity index (χ1n) is 4.51. The van der Waals surface area contributed by atoms with Gasteiger partial charge in [-0.25, -0.2) is 0 Å². The molecule has 0 fully saturated rings. The topological polar surface area (TPSA) is 34.1 Å². The maximum atomic E-state index is 11.3. The molecule has 0 amide bonds. The molecule has 0 aromatic heterocycles. The number of unbranched alkanes of at least 4 members (excludes halogenated alkanes) is 1. The van der Waals surface area contributed by atoms with Crippen molar-refractivity contribution in [2.24, 2.45) is 5.41 Å². The Morgan fingerprint density at radius 1 is 1.42 bits per heavy atom. The summed E-state index contributed by atoms with van der Waals surface area (Å²) in [5, 5.41) is 0. The Labute approximate surface area is 74.3 Å². The third kappa shape index (κ3) is 3.65.